The molecule has 6 heteroatoms. The van der Waals surface area contributed by atoms with Gasteiger partial charge in [0.25, 0.3) is 0 Å². The quantitative estimate of drug-likeness (QED) is 0.498. The summed E-state index contributed by atoms with van der Waals surface area (Å²) in [7, 11) is -3.94. The standard InChI is InChI=1S/C28H32N2O3S/c1-19-15-20(2)23(5)28(22(19)4)34(32,33)29(17-24-11-7-6-8-12-24)18-27(31)30-21(3)16-25-13-9-10-14-26(25)30/h6-15,21H,16-18H2,1-5H3. The van der Waals surface area contributed by atoms with E-state index in [9.17, 15) is 13.2 Å². The molecule has 0 spiro atoms. The third-order valence-corrected chi connectivity index (χ3v) is 8.95. The minimum atomic E-state index is -3.94. The SMILES string of the molecule is Cc1cc(C)c(C)c(S(=O)(=O)N(CC(=O)N2c3ccccc3CC2C)Cc2ccccc2)c1C. The van der Waals surface area contributed by atoms with Crippen molar-refractivity contribution in [3.63, 3.8) is 0 Å². The molecule has 0 radical (unpaired) electrons. The summed E-state index contributed by atoms with van der Waals surface area (Å²) >= 11 is 0. The first kappa shape index (κ1) is 24.2. The van der Waals surface area contributed by atoms with Crippen molar-refractivity contribution in [3.05, 3.63) is 94.0 Å². The van der Waals surface area contributed by atoms with Crippen LogP contribution in [0.5, 0.6) is 0 Å². The van der Waals surface area contributed by atoms with E-state index in [2.05, 4.69) is 0 Å². The van der Waals surface area contributed by atoms with Crippen molar-refractivity contribution >= 4 is 21.6 Å². The van der Waals surface area contributed by atoms with Crippen LogP contribution in [-0.4, -0.2) is 31.2 Å². The van der Waals surface area contributed by atoms with Crippen LogP contribution in [0.2, 0.25) is 0 Å². The maximum atomic E-state index is 14.1. The molecule has 0 bridgehead atoms. The first-order valence-electron chi connectivity index (χ1n) is 11.6. The molecule has 1 unspecified atom stereocenters. The smallest absolute Gasteiger partial charge is 0.244 e. The predicted molar refractivity (Wildman–Crippen MR) is 137 cm³/mol. The summed E-state index contributed by atoms with van der Waals surface area (Å²) in [5.41, 5.74) is 6.14. The van der Waals surface area contributed by atoms with Gasteiger partial charge in [-0.3, -0.25) is 4.79 Å². The number of hydrogen-bond acceptors (Lipinski definition) is 3. The van der Waals surface area contributed by atoms with Gasteiger partial charge in [-0.25, -0.2) is 8.42 Å². The fraction of sp³-hybridized carbons (Fsp3) is 0.321. The van der Waals surface area contributed by atoms with E-state index in [1.807, 2.05) is 95.3 Å². The maximum Gasteiger partial charge on any atom is 0.244 e. The van der Waals surface area contributed by atoms with Gasteiger partial charge in [-0.15, -0.1) is 0 Å². The van der Waals surface area contributed by atoms with Crippen molar-refractivity contribution in [3.8, 4) is 0 Å². The molecule has 34 heavy (non-hydrogen) atoms. The van der Waals surface area contributed by atoms with Crippen molar-refractivity contribution in [2.24, 2.45) is 0 Å². The molecule has 5 nitrogen and oxygen atoms in total. The molecule has 1 heterocycles. The number of rotatable bonds is 6. The van der Waals surface area contributed by atoms with Crippen LogP contribution in [0.15, 0.2) is 65.6 Å². The Labute approximate surface area is 203 Å². The van der Waals surface area contributed by atoms with Gasteiger partial charge in [-0.1, -0.05) is 54.6 Å². The van der Waals surface area contributed by atoms with E-state index >= 15 is 0 Å². The van der Waals surface area contributed by atoms with Crippen LogP contribution in [-0.2, 0) is 27.8 Å². The predicted octanol–water partition coefficient (Wildman–Crippen LogP) is 5.09. The number of amides is 1. The molecule has 1 aliphatic heterocycles. The normalized spacial score (nSPS) is 15.6. The average Bonchev–Trinajstić information content (AvgIpc) is 3.13. The average molecular weight is 477 g/mol. The van der Waals surface area contributed by atoms with Crippen molar-refractivity contribution in [2.75, 3.05) is 11.4 Å². The zero-order valence-electron chi connectivity index (χ0n) is 20.5. The molecular weight excluding hydrogens is 444 g/mol. The summed E-state index contributed by atoms with van der Waals surface area (Å²) in [4.78, 5) is 15.7. The van der Waals surface area contributed by atoms with Crippen LogP contribution in [0.25, 0.3) is 0 Å². The highest BCUT2D eigenvalue weighted by atomic mass is 32.2. The lowest BCUT2D eigenvalue weighted by atomic mass is 10.0. The molecule has 1 atom stereocenters. The van der Waals surface area contributed by atoms with E-state index in [1.165, 1.54) is 4.31 Å². The van der Waals surface area contributed by atoms with Gasteiger partial charge in [0, 0.05) is 18.3 Å². The second-order valence-corrected chi connectivity index (χ2v) is 11.2. The van der Waals surface area contributed by atoms with E-state index in [0.29, 0.717) is 4.90 Å². The first-order chi connectivity index (χ1) is 16.1. The third-order valence-electron chi connectivity index (χ3n) is 6.88. The van der Waals surface area contributed by atoms with Gasteiger partial charge in [0.15, 0.2) is 0 Å². The maximum absolute atomic E-state index is 14.1. The molecular formula is C28H32N2O3S. The summed E-state index contributed by atoms with van der Waals surface area (Å²) in [6, 6.07) is 19.3. The van der Waals surface area contributed by atoms with Crippen molar-refractivity contribution < 1.29 is 13.2 Å². The molecule has 0 saturated carbocycles. The molecule has 1 amide bonds. The molecule has 0 N–H and O–H groups in total. The third kappa shape index (κ3) is 4.40. The zero-order valence-corrected chi connectivity index (χ0v) is 21.3. The van der Waals surface area contributed by atoms with E-state index in [1.54, 1.807) is 4.90 Å². The Morgan fingerprint density at radius 2 is 1.53 bits per heavy atom. The van der Waals surface area contributed by atoms with E-state index in [-0.39, 0.29) is 25.0 Å². The Hall–Kier alpha value is -2.96. The summed E-state index contributed by atoms with van der Waals surface area (Å²) in [6.07, 6.45) is 0.767. The van der Waals surface area contributed by atoms with E-state index in [4.69, 9.17) is 0 Å². The van der Waals surface area contributed by atoms with E-state index in [0.717, 1.165) is 45.5 Å². The largest absolute Gasteiger partial charge is 0.308 e. The van der Waals surface area contributed by atoms with Crippen LogP contribution in [0, 0.1) is 27.7 Å². The summed E-state index contributed by atoms with van der Waals surface area (Å²) < 4.78 is 29.6. The first-order valence-corrected chi connectivity index (χ1v) is 13.1. The molecule has 0 fully saturated rings. The summed E-state index contributed by atoms with van der Waals surface area (Å²) in [6.45, 7) is 9.46. The molecule has 0 aromatic heterocycles. The Morgan fingerprint density at radius 3 is 2.18 bits per heavy atom. The van der Waals surface area contributed by atoms with Crippen LogP contribution in [0.3, 0.4) is 0 Å². The number of fused-ring (bicyclic) bond motifs is 1. The van der Waals surface area contributed by atoms with Crippen LogP contribution in [0.4, 0.5) is 5.69 Å². The van der Waals surface area contributed by atoms with Crippen LogP contribution < -0.4 is 4.90 Å². The zero-order chi connectivity index (χ0) is 24.6. The minimum absolute atomic E-state index is 0.0177. The van der Waals surface area contributed by atoms with Crippen molar-refractivity contribution in [1.29, 1.82) is 0 Å². The second-order valence-electron chi connectivity index (χ2n) is 9.29. The number of carbonyl (C=O) groups excluding carboxylic acids is 1. The molecule has 3 aromatic rings. The molecule has 0 saturated heterocycles. The number of nitrogens with zero attached hydrogens (tertiary/aromatic N) is 2. The van der Waals surface area contributed by atoms with Crippen molar-refractivity contribution in [2.45, 2.75) is 58.5 Å². The van der Waals surface area contributed by atoms with Gasteiger partial charge < -0.3 is 4.90 Å². The van der Waals surface area contributed by atoms with Gasteiger partial charge >= 0.3 is 0 Å². The van der Waals surface area contributed by atoms with Crippen molar-refractivity contribution in [1.82, 2.24) is 4.31 Å². The van der Waals surface area contributed by atoms with Gasteiger partial charge in [-0.05, 0) is 80.5 Å². The second kappa shape index (κ2) is 9.35. The Bertz CT molecular complexity index is 1310. The molecule has 1 aliphatic rings. The number of benzene rings is 3. The molecule has 178 valence electrons. The number of para-hydroxylation sites is 1. The number of carbonyl (C=O) groups is 1. The van der Waals surface area contributed by atoms with Gasteiger partial charge in [0.2, 0.25) is 15.9 Å². The Balaban J connectivity index is 1.76. The topological polar surface area (TPSA) is 57.7 Å². The number of hydrogen-bond donors (Lipinski definition) is 0. The molecule has 0 aliphatic carbocycles. The lowest BCUT2D eigenvalue weighted by Gasteiger charge is -2.29. The van der Waals surface area contributed by atoms with Crippen LogP contribution in [0.1, 0.15) is 40.3 Å². The van der Waals surface area contributed by atoms with Gasteiger partial charge in [0.1, 0.15) is 0 Å². The highest BCUT2D eigenvalue weighted by Crippen LogP contribution is 2.33. The number of anilines is 1. The lowest BCUT2D eigenvalue weighted by Crippen LogP contribution is -2.45. The molecule has 4 rings (SSSR count). The summed E-state index contributed by atoms with van der Waals surface area (Å²) in [5.74, 6) is -0.211. The molecule has 3 aromatic carbocycles. The van der Waals surface area contributed by atoms with Gasteiger partial charge in [-0.2, -0.15) is 4.31 Å². The van der Waals surface area contributed by atoms with Gasteiger partial charge in [0.05, 0.1) is 11.4 Å². The summed E-state index contributed by atoms with van der Waals surface area (Å²) in [5, 5.41) is 0. The number of sulfonamides is 1. The number of aryl methyl sites for hydroxylation is 2. The fourth-order valence-corrected chi connectivity index (χ4v) is 6.84. The lowest BCUT2D eigenvalue weighted by molar-refractivity contribution is -0.119. The highest BCUT2D eigenvalue weighted by Gasteiger charge is 2.36. The Morgan fingerprint density at radius 1 is 0.941 bits per heavy atom. The monoisotopic (exact) mass is 476 g/mol. The minimum Gasteiger partial charge on any atom is -0.308 e. The van der Waals surface area contributed by atoms with Crippen LogP contribution >= 0.6 is 0 Å². The Kier molecular flexibility index (Phi) is 6.65. The highest BCUT2D eigenvalue weighted by molar-refractivity contribution is 7.89. The fourth-order valence-electron chi connectivity index (χ4n) is 4.88. The van der Waals surface area contributed by atoms with E-state index < -0.39 is 10.0 Å².